The number of rotatable bonds is 2. The number of nitrogens with one attached hydrogen (secondary N) is 1. The molecular weight excluding hydrogens is 268 g/mol. The zero-order valence-corrected chi connectivity index (χ0v) is 12.6. The Balaban J connectivity index is 1.67. The third kappa shape index (κ3) is 3.18. The monoisotopic (exact) mass is 290 g/mol. The van der Waals surface area contributed by atoms with Crippen LogP contribution in [0.5, 0.6) is 0 Å². The van der Waals surface area contributed by atoms with Crippen LogP contribution in [-0.2, 0) is 0 Å². The SMILES string of the molecule is O=C(c1ccc(C2CCCNC2)cc1)N1CCSCC1. The average molecular weight is 290 g/mol. The van der Waals surface area contributed by atoms with E-state index in [1.165, 1.54) is 18.4 Å². The molecule has 0 bridgehead atoms. The molecule has 1 N–H and O–H groups in total. The molecule has 3 nitrogen and oxygen atoms in total. The van der Waals surface area contributed by atoms with Crippen LogP contribution in [0.2, 0.25) is 0 Å². The van der Waals surface area contributed by atoms with Gasteiger partial charge in [0.25, 0.3) is 5.91 Å². The predicted octanol–water partition coefficient (Wildman–Crippen LogP) is 2.34. The second-order valence-electron chi connectivity index (χ2n) is 5.57. The summed E-state index contributed by atoms with van der Waals surface area (Å²) in [5, 5.41) is 3.44. The molecule has 0 aliphatic carbocycles. The number of nitrogens with zero attached hydrogens (tertiary/aromatic N) is 1. The summed E-state index contributed by atoms with van der Waals surface area (Å²) in [6.07, 6.45) is 2.50. The van der Waals surface area contributed by atoms with Gasteiger partial charge in [-0.3, -0.25) is 4.79 Å². The van der Waals surface area contributed by atoms with Gasteiger partial charge >= 0.3 is 0 Å². The van der Waals surface area contributed by atoms with Gasteiger partial charge < -0.3 is 10.2 Å². The van der Waals surface area contributed by atoms with E-state index in [-0.39, 0.29) is 5.91 Å². The number of thioether (sulfide) groups is 1. The minimum Gasteiger partial charge on any atom is -0.337 e. The van der Waals surface area contributed by atoms with E-state index < -0.39 is 0 Å². The van der Waals surface area contributed by atoms with E-state index in [2.05, 4.69) is 17.4 Å². The van der Waals surface area contributed by atoms with E-state index in [0.29, 0.717) is 5.92 Å². The van der Waals surface area contributed by atoms with E-state index >= 15 is 0 Å². The smallest absolute Gasteiger partial charge is 0.253 e. The highest BCUT2D eigenvalue weighted by Crippen LogP contribution is 2.23. The Bertz CT molecular complexity index is 448. The fourth-order valence-corrected chi connectivity index (χ4v) is 3.89. The second-order valence-corrected chi connectivity index (χ2v) is 6.79. The van der Waals surface area contributed by atoms with Gasteiger partial charge in [-0.25, -0.2) is 0 Å². The number of carbonyl (C=O) groups excluding carboxylic acids is 1. The molecule has 2 aliphatic heterocycles. The molecule has 2 aliphatic rings. The molecule has 1 aromatic rings. The van der Waals surface area contributed by atoms with Crippen molar-refractivity contribution in [3.63, 3.8) is 0 Å². The van der Waals surface area contributed by atoms with Gasteiger partial charge in [0.05, 0.1) is 0 Å². The number of carbonyl (C=O) groups is 1. The Morgan fingerprint density at radius 1 is 1.20 bits per heavy atom. The fourth-order valence-electron chi connectivity index (χ4n) is 2.98. The highest BCUT2D eigenvalue weighted by atomic mass is 32.2. The summed E-state index contributed by atoms with van der Waals surface area (Å²) in [7, 11) is 0. The van der Waals surface area contributed by atoms with Crippen molar-refractivity contribution < 1.29 is 4.79 Å². The number of benzene rings is 1. The first kappa shape index (κ1) is 14.0. The van der Waals surface area contributed by atoms with Gasteiger partial charge in [-0.2, -0.15) is 11.8 Å². The van der Waals surface area contributed by atoms with E-state index in [1.807, 2.05) is 28.8 Å². The maximum absolute atomic E-state index is 12.4. The molecule has 0 spiro atoms. The molecule has 1 unspecified atom stereocenters. The number of amides is 1. The normalized spacial score (nSPS) is 23.6. The molecule has 108 valence electrons. The number of piperidine rings is 1. The van der Waals surface area contributed by atoms with Crippen LogP contribution < -0.4 is 5.32 Å². The zero-order chi connectivity index (χ0) is 13.8. The van der Waals surface area contributed by atoms with Crippen molar-refractivity contribution >= 4 is 17.7 Å². The molecule has 0 aromatic heterocycles. The molecular formula is C16H22N2OS. The lowest BCUT2D eigenvalue weighted by molar-refractivity contribution is 0.0772. The van der Waals surface area contributed by atoms with Crippen LogP contribution in [0.15, 0.2) is 24.3 Å². The van der Waals surface area contributed by atoms with Crippen molar-refractivity contribution in [2.45, 2.75) is 18.8 Å². The highest BCUT2D eigenvalue weighted by Gasteiger charge is 2.19. The van der Waals surface area contributed by atoms with Crippen LogP contribution >= 0.6 is 11.8 Å². The van der Waals surface area contributed by atoms with Crippen molar-refractivity contribution in [2.75, 3.05) is 37.7 Å². The van der Waals surface area contributed by atoms with Gasteiger partial charge in [0, 0.05) is 36.7 Å². The third-order valence-corrected chi connectivity index (χ3v) is 5.17. The first-order chi connectivity index (χ1) is 9.84. The van der Waals surface area contributed by atoms with Crippen molar-refractivity contribution in [3.8, 4) is 0 Å². The molecule has 2 saturated heterocycles. The zero-order valence-electron chi connectivity index (χ0n) is 11.8. The Kier molecular flexibility index (Phi) is 4.63. The lowest BCUT2D eigenvalue weighted by atomic mass is 9.91. The fraction of sp³-hybridized carbons (Fsp3) is 0.562. The van der Waals surface area contributed by atoms with Crippen molar-refractivity contribution in [1.29, 1.82) is 0 Å². The van der Waals surface area contributed by atoms with Gasteiger partial charge in [-0.15, -0.1) is 0 Å². The van der Waals surface area contributed by atoms with Gasteiger partial charge in [0.1, 0.15) is 0 Å². The Labute approximate surface area is 125 Å². The number of hydrogen-bond acceptors (Lipinski definition) is 3. The Morgan fingerprint density at radius 2 is 1.95 bits per heavy atom. The van der Waals surface area contributed by atoms with Crippen molar-refractivity contribution in [3.05, 3.63) is 35.4 Å². The van der Waals surface area contributed by atoms with Crippen LogP contribution in [0.1, 0.15) is 34.7 Å². The summed E-state index contributed by atoms with van der Waals surface area (Å²) in [5.74, 6) is 2.94. The molecule has 20 heavy (non-hydrogen) atoms. The minimum absolute atomic E-state index is 0.193. The van der Waals surface area contributed by atoms with Gasteiger partial charge in [0.2, 0.25) is 0 Å². The van der Waals surface area contributed by atoms with Gasteiger partial charge in [-0.05, 0) is 43.0 Å². The van der Waals surface area contributed by atoms with Gasteiger partial charge in [0.15, 0.2) is 0 Å². The summed E-state index contributed by atoms with van der Waals surface area (Å²) in [6, 6.07) is 8.30. The molecule has 4 heteroatoms. The van der Waals surface area contributed by atoms with Crippen molar-refractivity contribution in [2.24, 2.45) is 0 Å². The quantitative estimate of drug-likeness (QED) is 0.907. The molecule has 1 aromatic carbocycles. The average Bonchev–Trinajstić information content (AvgIpc) is 2.56. The minimum atomic E-state index is 0.193. The lowest BCUT2D eigenvalue weighted by Crippen LogP contribution is -2.37. The van der Waals surface area contributed by atoms with Crippen LogP contribution in [0.3, 0.4) is 0 Å². The third-order valence-electron chi connectivity index (χ3n) is 4.22. The molecule has 1 atom stereocenters. The Hall–Kier alpha value is -1.000. The lowest BCUT2D eigenvalue weighted by Gasteiger charge is -2.27. The van der Waals surface area contributed by atoms with Crippen LogP contribution in [-0.4, -0.2) is 48.5 Å². The van der Waals surface area contributed by atoms with E-state index in [4.69, 9.17) is 0 Å². The first-order valence-corrected chi connectivity index (χ1v) is 8.68. The van der Waals surface area contributed by atoms with Crippen molar-refractivity contribution in [1.82, 2.24) is 10.2 Å². The predicted molar refractivity (Wildman–Crippen MR) is 84.5 cm³/mol. The summed E-state index contributed by atoms with van der Waals surface area (Å²) in [4.78, 5) is 14.4. The van der Waals surface area contributed by atoms with E-state index in [9.17, 15) is 4.79 Å². The van der Waals surface area contributed by atoms with Crippen LogP contribution in [0.4, 0.5) is 0 Å². The summed E-state index contributed by atoms with van der Waals surface area (Å²) in [6.45, 7) is 3.98. The summed E-state index contributed by atoms with van der Waals surface area (Å²) in [5.41, 5.74) is 2.20. The van der Waals surface area contributed by atoms with Gasteiger partial charge in [-0.1, -0.05) is 12.1 Å². The molecule has 0 saturated carbocycles. The van der Waals surface area contributed by atoms with E-state index in [1.54, 1.807) is 0 Å². The summed E-state index contributed by atoms with van der Waals surface area (Å²) < 4.78 is 0. The molecule has 2 heterocycles. The maximum Gasteiger partial charge on any atom is 0.253 e. The first-order valence-electron chi connectivity index (χ1n) is 7.52. The maximum atomic E-state index is 12.4. The highest BCUT2D eigenvalue weighted by molar-refractivity contribution is 7.99. The molecule has 2 fully saturated rings. The molecule has 0 radical (unpaired) electrons. The standard InChI is InChI=1S/C16H22N2OS/c19-16(18-8-10-20-11-9-18)14-5-3-13(4-6-14)15-2-1-7-17-12-15/h3-6,15,17H,1-2,7-12H2. The van der Waals surface area contributed by atoms with E-state index in [0.717, 1.165) is 43.2 Å². The van der Waals surface area contributed by atoms with Crippen LogP contribution in [0, 0.1) is 0 Å². The molecule has 1 amide bonds. The van der Waals surface area contributed by atoms with Crippen LogP contribution in [0.25, 0.3) is 0 Å². The Morgan fingerprint density at radius 3 is 2.60 bits per heavy atom. The number of hydrogen-bond donors (Lipinski definition) is 1. The molecule has 3 rings (SSSR count). The summed E-state index contributed by atoms with van der Waals surface area (Å²) >= 11 is 1.93. The second kappa shape index (κ2) is 6.64. The topological polar surface area (TPSA) is 32.3 Å². The largest absolute Gasteiger partial charge is 0.337 e.